The van der Waals surface area contributed by atoms with E-state index in [9.17, 15) is 8.42 Å². The molecule has 5 heteroatoms. The first-order chi connectivity index (χ1) is 8.05. The van der Waals surface area contributed by atoms with E-state index in [-0.39, 0.29) is 0 Å². The SMILES string of the molecule is CS(=O)(=O)c1nc(C2CC2)nc2c1CCCC2. The van der Waals surface area contributed by atoms with Crippen LogP contribution in [0.4, 0.5) is 0 Å². The Morgan fingerprint density at radius 1 is 1.12 bits per heavy atom. The third-order valence-electron chi connectivity index (χ3n) is 3.46. The first-order valence-corrected chi connectivity index (χ1v) is 8.04. The van der Waals surface area contributed by atoms with Gasteiger partial charge in [-0.2, -0.15) is 0 Å². The molecule has 1 heterocycles. The molecule has 2 aliphatic carbocycles. The van der Waals surface area contributed by atoms with Gasteiger partial charge in [0.1, 0.15) is 5.82 Å². The molecule has 0 aromatic carbocycles. The highest BCUT2D eigenvalue weighted by Crippen LogP contribution is 2.39. The van der Waals surface area contributed by atoms with Gasteiger partial charge in [0.15, 0.2) is 14.9 Å². The highest BCUT2D eigenvalue weighted by atomic mass is 32.2. The van der Waals surface area contributed by atoms with Gasteiger partial charge in [0.25, 0.3) is 0 Å². The number of aromatic nitrogens is 2. The predicted octanol–water partition coefficient (Wildman–Crippen LogP) is 1.64. The maximum absolute atomic E-state index is 11.8. The van der Waals surface area contributed by atoms with Crippen LogP contribution >= 0.6 is 0 Å². The van der Waals surface area contributed by atoms with Gasteiger partial charge in [-0.1, -0.05) is 0 Å². The van der Waals surface area contributed by atoms with E-state index < -0.39 is 9.84 Å². The Morgan fingerprint density at radius 3 is 2.47 bits per heavy atom. The van der Waals surface area contributed by atoms with Crippen LogP contribution in [0, 0.1) is 0 Å². The molecule has 0 atom stereocenters. The molecule has 1 aromatic rings. The summed E-state index contributed by atoms with van der Waals surface area (Å²) in [5.41, 5.74) is 1.86. The fraction of sp³-hybridized carbons (Fsp3) is 0.667. The van der Waals surface area contributed by atoms with Crippen molar-refractivity contribution in [2.75, 3.05) is 6.26 Å². The minimum atomic E-state index is -3.22. The number of hydrogen-bond donors (Lipinski definition) is 0. The first-order valence-electron chi connectivity index (χ1n) is 6.15. The Labute approximate surface area is 101 Å². The quantitative estimate of drug-likeness (QED) is 0.751. The van der Waals surface area contributed by atoms with Crippen molar-refractivity contribution in [1.29, 1.82) is 0 Å². The molecular formula is C12H16N2O2S. The molecule has 0 spiro atoms. The zero-order chi connectivity index (χ0) is 12.0. The van der Waals surface area contributed by atoms with Gasteiger partial charge in [-0.05, 0) is 38.5 Å². The summed E-state index contributed by atoms with van der Waals surface area (Å²) < 4.78 is 23.6. The zero-order valence-electron chi connectivity index (χ0n) is 9.94. The predicted molar refractivity (Wildman–Crippen MR) is 63.8 cm³/mol. The first kappa shape index (κ1) is 11.1. The van der Waals surface area contributed by atoms with E-state index in [2.05, 4.69) is 9.97 Å². The van der Waals surface area contributed by atoms with Crippen molar-refractivity contribution in [2.45, 2.75) is 49.5 Å². The second-order valence-electron chi connectivity index (χ2n) is 5.07. The molecule has 17 heavy (non-hydrogen) atoms. The Hall–Kier alpha value is -0.970. The van der Waals surface area contributed by atoms with Crippen LogP contribution in [0.2, 0.25) is 0 Å². The van der Waals surface area contributed by atoms with Crippen LogP contribution in [0.5, 0.6) is 0 Å². The van der Waals surface area contributed by atoms with Crippen molar-refractivity contribution < 1.29 is 8.42 Å². The highest BCUT2D eigenvalue weighted by molar-refractivity contribution is 7.90. The molecule has 1 aromatic heterocycles. The number of sulfone groups is 1. The van der Waals surface area contributed by atoms with E-state index in [0.717, 1.165) is 55.6 Å². The average molecular weight is 252 g/mol. The molecule has 0 amide bonds. The minimum Gasteiger partial charge on any atom is -0.237 e. The maximum Gasteiger partial charge on any atom is 0.193 e. The summed E-state index contributed by atoms with van der Waals surface area (Å²) in [6, 6.07) is 0. The molecule has 1 fully saturated rings. The lowest BCUT2D eigenvalue weighted by molar-refractivity contribution is 0.583. The molecule has 0 N–H and O–H groups in total. The van der Waals surface area contributed by atoms with Crippen LogP contribution < -0.4 is 0 Å². The lowest BCUT2D eigenvalue weighted by Gasteiger charge is -2.18. The molecule has 0 unspecified atom stereocenters. The number of aryl methyl sites for hydroxylation is 1. The van der Waals surface area contributed by atoms with E-state index in [1.54, 1.807) is 0 Å². The van der Waals surface area contributed by atoms with Crippen molar-refractivity contribution >= 4 is 9.84 Å². The van der Waals surface area contributed by atoms with Crippen LogP contribution in [0.1, 0.15) is 48.7 Å². The van der Waals surface area contributed by atoms with Crippen molar-refractivity contribution in [3.8, 4) is 0 Å². The van der Waals surface area contributed by atoms with Crippen LogP contribution in [0.25, 0.3) is 0 Å². The largest absolute Gasteiger partial charge is 0.237 e. The summed E-state index contributed by atoms with van der Waals surface area (Å²) in [4.78, 5) is 8.89. The Kier molecular flexibility index (Phi) is 2.47. The topological polar surface area (TPSA) is 59.9 Å². The molecule has 92 valence electrons. The van der Waals surface area contributed by atoms with Gasteiger partial charge < -0.3 is 0 Å². The number of hydrogen-bond acceptors (Lipinski definition) is 4. The maximum atomic E-state index is 11.8. The molecule has 0 radical (unpaired) electrons. The second kappa shape index (κ2) is 3.77. The lowest BCUT2D eigenvalue weighted by atomic mass is 9.97. The van der Waals surface area contributed by atoms with Crippen molar-refractivity contribution in [1.82, 2.24) is 9.97 Å². The van der Waals surface area contributed by atoms with Gasteiger partial charge in [0.05, 0.1) is 0 Å². The summed E-state index contributed by atoms with van der Waals surface area (Å²) in [5, 5.41) is 0.295. The Balaban J connectivity index is 2.19. The summed E-state index contributed by atoms with van der Waals surface area (Å²) in [6.07, 6.45) is 7.31. The van der Waals surface area contributed by atoms with Crippen LogP contribution in [-0.2, 0) is 22.7 Å². The van der Waals surface area contributed by atoms with E-state index in [1.165, 1.54) is 6.26 Å². The third kappa shape index (κ3) is 2.08. The van der Waals surface area contributed by atoms with Gasteiger partial charge in [0, 0.05) is 23.4 Å². The number of rotatable bonds is 2. The monoisotopic (exact) mass is 252 g/mol. The molecule has 2 aliphatic rings. The van der Waals surface area contributed by atoms with Gasteiger partial charge >= 0.3 is 0 Å². The van der Waals surface area contributed by atoms with E-state index >= 15 is 0 Å². The molecule has 3 rings (SSSR count). The molecule has 1 saturated carbocycles. The summed E-state index contributed by atoms with van der Waals surface area (Å²) >= 11 is 0. The van der Waals surface area contributed by atoms with Gasteiger partial charge in [-0.15, -0.1) is 0 Å². The summed E-state index contributed by atoms with van der Waals surface area (Å²) in [7, 11) is -3.22. The van der Waals surface area contributed by atoms with Crippen LogP contribution in [-0.4, -0.2) is 24.6 Å². The van der Waals surface area contributed by atoms with E-state index in [0.29, 0.717) is 10.9 Å². The zero-order valence-corrected chi connectivity index (χ0v) is 10.8. The molecule has 0 saturated heterocycles. The van der Waals surface area contributed by atoms with E-state index in [4.69, 9.17) is 0 Å². The highest BCUT2D eigenvalue weighted by Gasteiger charge is 2.31. The van der Waals surface area contributed by atoms with Crippen molar-refractivity contribution in [3.05, 3.63) is 17.1 Å². The van der Waals surface area contributed by atoms with Gasteiger partial charge in [-0.25, -0.2) is 18.4 Å². The molecule has 4 nitrogen and oxygen atoms in total. The summed E-state index contributed by atoms with van der Waals surface area (Å²) in [6.45, 7) is 0. The fourth-order valence-electron chi connectivity index (χ4n) is 2.41. The molecule has 0 bridgehead atoms. The molecular weight excluding hydrogens is 236 g/mol. The van der Waals surface area contributed by atoms with E-state index in [1.807, 2.05) is 0 Å². The third-order valence-corrected chi connectivity index (χ3v) is 4.50. The standard InChI is InChI=1S/C12H16N2O2S/c1-17(15,16)12-9-4-2-3-5-10(9)13-11(14-12)8-6-7-8/h8H,2-7H2,1H3. The molecule has 0 aliphatic heterocycles. The number of fused-ring (bicyclic) bond motifs is 1. The normalized spacial score (nSPS) is 20.1. The van der Waals surface area contributed by atoms with Gasteiger partial charge in [0.2, 0.25) is 0 Å². The van der Waals surface area contributed by atoms with Crippen LogP contribution in [0.15, 0.2) is 5.03 Å². The minimum absolute atomic E-state index is 0.295. The second-order valence-corrected chi connectivity index (χ2v) is 7.00. The van der Waals surface area contributed by atoms with Crippen molar-refractivity contribution in [3.63, 3.8) is 0 Å². The lowest BCUT2D eigenvalue weighted by Crippen LogP contribution is -2.16. The van der Waals surface area contributed by atoms with Crippen LogP contribution in [0.3, 0.4) is 0 Å². The Morgan fingerprint density at radius 2 is 1.82 bits per heavy atom. The smallest absolute Gasteiger partial charge is 0.193 e. The Bertz CT molecular complexity index is 562. The average Bonchev–Trinajstić information content (AvgIpc) is 3.10. The fourth-order valence-corrected chi connectivity index (χ4v) is 3.34. The number of nitrogens with zero attached hydrogens (tertiary/aromatic N) is 2. The van der Waals surface area contributed by atoms with Gasteiger partial charge in [-0.3, -0.25) is 0 Å². The summed E-state index contributed by atoms with van der Waals surface area (Å²) in [5.74, 6) is 1.16. The van der Waals surface area contributed by atoms with Crippen molar-refractivity contribution in [2.24, 2.45) is 0 Å².